The quantitative estimate of drug-likeness (QED) is 0.234. The SMILES string of the molecule is CCCCCCCCCCC(O)CCCCCCCCC.O=C(O)c1ccccc1. The van der Waals surface area contributed by atoms with Crippen molar-refractivity contribution >= 4 is 5.97 Å². The summed E-state index contributed by atoms with van der Waals surface area (Å²) in [5.74, 6) is -0.879. The summed E-state index contributed by atoms with van der Waals surface area (Å²) in [6.45, 7) is 4.54. The predicted molar refractivity (Wildman–Crippen MR) is 129 cm³/mol. The van der Waals surface area contributed by atoms with Crippen molar-refractivity contribution in [2.24, 2.45) is 0 Å². The first-order chi connectivity index (χ1) is 14.6. The second-order valence-corrected chi connectivity index (χ2v) is 8.50. The molecule has 30 heavy (non-hydrogen) atoms. The number of carboxylic acids is 1. The normalized spacial score (nSPS) is 11.6. The van der Waals surface area contributed by atoms with E-state index in [4.69, 9.17) is 5.11 Å². The van der Waals surface area contributed by atoms with Crippen molar-refractivity contribution in [3.63, 3.8) is 0 Å². The maximum absolute atomic E-state index is 10.2. The zero-order valence-electron chi connectivity index (χ0n) is 19.8. The zero-order valence-corrected chi connectivity index (χ0v) is 19.8. The Kier molecular flexibility index (Phi) is 21.3. The number of rotatable bonds is 18. The molecule has 0 saturated carbocycles. The van der Waals surface area contributed by atoms with Gasteiger partial charge in [-0.15, -0.1) is 0 Å². The molecule has 0 saturated heterocycles. The summed E-state index contributed by atoms with van der Waals surface area (Å²) in [6, 6.07) is 8.30. The average Bonchev–Trinajstić information content (AvgIpc) is 2.76. The van der Waals surface area contributed by atoms with Gasteiger partial charge < -0.3 is 10.2 Å². The van der Waals surface area contributed by atoms with Crippen LogP contribution < -0.4 is 0 Å². The minimum Gasteiger partial charge on any atom is -0.478 e. The van der Waals surface area contributed by atoms with Gasteiger partial charge in [0.15, 0.2) is 0 Å². The summed E-state index contributed by atoms with van der Waals surface area (Å²) in [5.41, 5.74) is 0.331. The van der Waals surface area contributed by atoms with E-state index in [1.54, 1.807) is 30.3 Å². The molecule has 0 bridgehead atoms. The number of benzene rings is 1. The van der Waals surface area contributed by atoms with E-state index >= 15 is 0 Å². The molecule has 0 fully saturated rings. The third-order valence-corrected chi connectivity index (χ3v) is 5.55. The van der Waals surface area contributed by atoms with Crippen LogP contribution in [0.3, 0.4) is 0 Å². The lowest BCUT2D eigenvalue weighted by Crippen LogP contribution is -2.05. The van der Waals surface area contributed by atoms with Crippen LogP contribution in [0.2, 0.25) is 0 Å². The van der Waals surface area contributed by atoms with E-state index in [1.807, 2.05) is 0 Å². The van der Waals surface area contributed by atoms with E-state index in [0.29, 0.717) is 5.56 Å². The minimum absolute atomic E-state index is 0.0271. The van der Waals surface area contributed by atoms with Crippen LogP contribution in [0.15, 0.2) is 30.3 Å². The van der Waals surface area contributed by atoms with E-state index in [2.05, 4.69) is 13.8 Å². The van der Waals surface area contributed by atoms with Crippen LogP contribution in [-0.2, 0) is 0 Å². The van der Waals surface area contributed by atoms with Crippen LogP contribution in [0.25, 0.3) is 0 Å². The van der Waals surface area contributed by atoms with Crippen molar-refractivity contribution in [3.05, 3.63) is 35.9 Å². The highest BCUT2D eigenvalue weighted by Crippen LogP contribution is 2.14. The number of unbranched alkanes of at least 4 members (excludes halogenated alkanes) is 13. The number of aliphatic hydroxyl groups excluding tert-OH is 1. The molecule has 0 aliphatic rings. The lowest BCUT2D eigenvalue weighted by atomic mass is 10.0. The summed E-state index contributed by atoms with van der Waals surface area (Å²) in [4.78, 5) is 10.2. The lowest BCUT2D eigenvalue weighted by Gasteiger charge is -2.10. The molecule has 1 aromatic rings. The first-order valence-corrected chi connectivity index (χ1v) is 12.6. The van der Waals surface area contributed by atoms with Crippen LogP contribution >= 0.6 is 0 Å². The highest BCUT2D eigenvalue weighted by Gasteiger charge is 2.03. The van der Waals surface area contributed by atoms with Crippen LogP contribution in [0.5, 0.6) is 0 Å². The van der Waals surface area contributed by atoms with Gasteiger partial charge in [-0.2, -0.15) is 0 Å². The van der Waals surface area contributed by atoms with Crippen LogP contribution in [-0.4, -0.2) is 22.3 Å². The molecule has 174 valence electrons. The fraction of sp³-hybridized carbons (Fsp3) is 0.741. The van der Waals surface area contributed by atoms with Crippen LogP contribution in [0.1, 0.15) is 133 Å². The van der Waals surface area contributed by atoms with Gasteiger partial charge in [-0.1, -0.05) is 128 Å². The molecule has 1 rings (SSSR count). The third kappa shape index (κ3) is 19.9. The van der Waals surface area contributed by atoms with Crippen molar-refractivity contribution in [2.45, 2.75) is 129 Å². The molecule has 1 unspecified atom stereocenters. The van der Waals surface area contributed by atoms with Gasteiger partial charge in [0.1, 0.15) is 0 Å². The Bertz CT molecular complexity index is 472. The maximum atomic E-state index is 10.2. The molecule has 0 heterocycles. The van der Waals surface area contributed by atoms with E-state index in [1.165, 1.54) is 96.3 Å². The highest BCUT2D eigenvalue weighted by molar-refractivity contribution is 5.87. The molecular weight excluding hydrogens is 372 g/mol. The van der Waals surface area contributed by atoms with Gasteiger partial charge in [0.25, 0.3) is 0 Å². The number of hydrogen-bond donors (Lipinski definition) is 2. The smallest absolute Gasteiger partial charge is 0.335 e. The molecule has 0 spiro atoms. The Morgan fingerprint density at radius 1 is 0.667 bits per heavy atom. The fourth-order valence-electron chi connectivity index (χ4n) is 3.58. The molecular formula is C27H48O3. The van der Waals surface area contributed by atoms with Crippen molar-refractivity contribution in [1.82, 2.24) is 0 Å². The van der Waals surface area contributed by atoms with Gasteiger partial charge in [0, 0.05) is 0 Å². The standard InChI is InChI=1S/C20H42O.C7H6O2/c1-3-5-7-9-11-13-15-17-19-20(21)18-16-14-12-10-8-6-4-2;8-7(9)6-4-2-1-3-5-6/h20-21H,3-19H2,1-2H3;1-5H,(H,8,9). The number of carbonyl (C=O) groups is 1. The van der Waals surface area contributed by atoms with Gasteiger partial charge in [0.05, 0.1) is 11.7 Å². The molecule has 0 aromatic heterocycles. The molecule has 1 aromatic carbocycles. The minimum atomic E-state index is -0.879. The Hall–Kier alpha value is -1.35. The first-order valence-electron chi connectivity index (χ1n) is 12.6. The number of aliphatic hydroxyl groups is 1. The van der Waals surface area contributed by atoms with Crippen molar-refractivity contribution < 1.29 is 15.0 Å². The zero-order chi connectivity index (χ0) is 22.3. The van der Waals surface area contributed by atoms with Crippen molar-refractivity contribution in [3.8, 4) is 0 Å². The highest BCUT2D eigenvalue weighted by atomic mass is 16.4. The first kappa shape index (κ1) is 28.6. The molecule has 3 heteroatoms. The second-order valence-electron chi connectivity index (χ2n) is 8.50. The maximum Gasteiger partial charge on any atom is 0.335 e. The summed E-state index contributed by atoms with van der Waals surface area (Å²) in [5, 5.41) is 18.3. The fourth-order valence-corrected chi connectivity index (χ4v) is 3.58. The largest absolute Gasteiger partial charge is 0.478 e. The Labute approximate surface area is 186 Å². The van der Waals surface area contributed by atoms with Crippen molar-refractivity contribution in [2.75, 3.05) is 0 Å². The van der Waals surface area contributed by atoms with E-state index in [-0.39, 0.29) is 6.10 Å². The Morgan fingerprint density at radius 3 is 1.37 bits per heavy atom. The monoisotopic (exact) mass is 420 g/mol. The molecule has 0 aliphatic carbocycles. The molecule has 3 nitrogen and oxygen atoms in total. The van der Waals surface area contributed by atoms with Gasteiger partial charge in [-0.25, -0.2) is 4.79 Å². The van der Waals surface area contributed by atoms with E-state index in [9.17, 15) is 9.90 Å². The van der Waals surface area contributed by atoms with Crippen LogP contribution in [0.4, 0.5) is 0 Å². The predicted octanol–water partition coefficient (Wildman–Crippen LogP) is 8.40. The Morgan fingerprint density at radius 2 is 1.03 bits per heavy atom. The topological polar surface area (TPSA) is 57.5 Å². The molecule has 1 atom stereocenters. The molecule has 0 amide bonds. The molecule has 2 N–H and O–H groups in total. The summed E-state index contributed by atoms with van der Waals surface area (Å²) in [6.07, 6.45) is 22.3. The van der Waals surface area contributed by atoms with E-state index in [0.717, 1.165) is 12.8 Å². The van der Waals surface area contributed by atoms with Gasteiger partial charge in [-0.05, 0) is 25.0 Å². The summed E-state index contributed by atoms with van der Waals surface area (Å²) in [7, 11) is 0. The molecule has 0 radical (unpaired) electrons. The summed E-state index contributed by atoms with van der Waals surface area (Å²) >= 11 is 0. The van der Waals surface area contributed by atoms with Gasteiger partial charge in [-0.3, -0.25) is 0 Å². The average molecular weight is 421 g/mol. The Balaban J connectivity index is 0.000000769. The lowest BCUT2D eigenvalue weighted by molar-refractivity contribution is 0.0697. The van der Waals surface area contributed by atoms with Crippen molar-refractivity contribution in [1.29, 1.82) is 0 Å². The number of aromatic carboxylic acids is 1. The molecule has 0 aliphatic heterocycles. The number of hydrogen-bond acceptors (Lipinski definition) is 2. The van der Waals surface area contributed by atoms with Crippen LogP contribution in [0, 0.1) is 0 Å². The third-order valence-electron chi connectivity index (χ3n) is 5.55. The van der Waals surface area contributed by atoms with E-state index < -0.39 is 5.97 Å². The van der Waals surface area contributed by atoms with Gasteiger partial charge >= 0.3 is 5.97 Å². The summed E-state index contributed by atoms with van der Waals surface area (Å²) < 4.78 is 0. The van der Waals surface area contributed by atoms with Gasteiger partial charge in [0.2, 0.25) is 0 Å². The second kappa shape index (κ2) is 22.3. The number of carboxylic acid groups (broad SMARTS) is 1.